The normalized spacial score (nSPS) is 19.8. The number of sulfone groups is 1. The molecule has 0 spiro atoms. The summed E-state index contributed by atoms with van der Waals surface area (Å²) in [4.78, 5) is 26.5. The van der Waals surface area contributed by atoms with Gasteiger partial charge in [0.25, 0.3) is 5.91 Å². The molecule has 1 aliphatic rings. The molecule has 0 bridgehead atoms. The van der Waals surface area contributed by atoms with Crippen molar-refractivity contribution in [1.29, 1.82) is 0 Å². The van der Waals surface area contributed by atoms with Gasteiger partial charge < -0.3 is 9.64 Å². The van der Waals surface area contributed by atoms with Gasteiger partial charge in [-0.2, -0.15) is 0 Å². The van der Waals surface area contributed by atoms with E-state index in [2.05, 4.69) is 0 Å². The monoisotopic (exact) mass is 381 g/mol. The summed E-state index contributed by atoms with van der Waals surface area (Å²) in [6.45, 7) is 7.20. The van der Waals surface area contributed by atoms with Crippen LogP contribution in [-0.4, -0.2) is 55.4 Å². The quantitative estimate of drug-likeness (QED) is 0.706. The molecule has 1 aliphatic heterocycles. The number of hydrogen-bond acceptors (Lipinski definition) is 5. The fourth-order valence-electron chi connectivity index (χ4n) is 3.32. The Hall–Kier alpha value is -1.89. The van der Waals surface area contributed by atoms with Crippen LogP contribution in [0.15, 0.2) is 18.2 Å². The van der Waals surface area contributed by atoms with Crippen LogP contribution in [0.3, 0.4) is 0 Å². The Morgan fingerprint density at radius 3 is 2.54 bits per heavy atom. The molecular formula is C19H27NO5S. The molecule has 1 saturated heterocycles. The molecule has 6 nitrogen and oxygen atoms in total. The maximum atomic E-state index is 12.7. The average Bonchev–Trinajstić information content (AvgIpc) is 2.92. The van der Waals surface area contributed by atoms with E-state index in [0.29, 0.717) is 18.4 Å². The lowest BCUT2D eigenvalue weighted by Gasteiger charge is -2.33. The van der Waals surface area contributed by atoms with E-state index in [0.717, 1.165) is 11.1 Å². The molecule has 0 N–H and O–H groups in total. The maximum absolute atomic E-state index is 12.7. The third-order valence-electron chi connectivity index (χ3n) is 4.88. The highest BCUT2D eigenvalue weighted by Crippen LogP contribution is 2.21. The van der Waals surface area contributed by atoms with Gasteiger partial charge in [-0.3, -0.25) is 4.79 Å². The van der Waals surface area contributed by atoms with Gasteiger partial charge in [0.05, 0.1) is 17.1 Å². The fraction of sp³-hybridized carbons (Fsp3) is 0.579. The third-order valence-corrected chi connectivity index (χ3v) is 6.63. The average molecular weight is 381 g/mol. The van der Waals surface area contributed by atoms with Gasteiger partial charge in [0.2, 0.25) is 0 Å². The van der Waals surface area contributed by atoms with Gasteiger partial charge in [-0.25, -0.2) is 13.2 Å². The molecule has 0 aliphatic carbocycles. The van der Waals surface area contributed by atoms with Gasteiger partial charge >= 0.3 is 5.97 Å². The second-order valence-corrected chi connectivity index (χ2v) is 9.24. The minimum atomic E-state index is -3.10. The molecule has 2 rings (SSSR count). The number of hydrogen-bond donors (Lipinski definition) is 0. The van der Waals surface area contributed by atoms with Crippen LogP contribution in [0.25, 0.3) is 0 Å². The number of aryl methyl sites for hydroxylation is 2. The minimum absolute atomic E-state index is 0.0197. The van der Waals surface area contributed by atoms with Crippen molar-refractivity contribution in [1.82, 2.24) is 4.90 Å². The number of ether oxygens (including phenoxy) is 1. The minimum Gasteiger partial charge on any atom is -0.452 e. The number of rotatable bonds is 6. The van der Waals surface area contributed by atoms with Gasteiger partial charge in [0.15, 0.2) is 16.4 Å². The van der Waals surface area contributed by atoms with Gasteiger partial charge in [-0.15, -0.1) is 0 Å². The van der Waals surface area contributed by atoms with Gasteiger partial charge in [0, 0.05) is 12.1 Å². The van der Waals surface area contributed by atoms with Crippen molar-refractivity contribution >= 4 is 21.7 Å². The predicted octanol–water partition coefficient (Wildman–Crippen LogP) is 2.27. The van der Waals surface area contributed by atoms with Gasteiger partial charge in [0.1, 0.15) is 0 Å². The van der Waals surface area contributed by atoms with Crippen molar-refractivity contribution in [2.24, 2.45) is 0 Å². The molecule has 1 amide bonds. The van der Waals surface area contributed by atoms with Crippen LogP contribution in [0.1, 0.15) is 48.2 Å². The summed E-state index contributed by atoms with van der Waals surface area (Å²) in [6.07, 6.45) is 1.14. The highest BCUT2D eigenvalue weighted by Gasteiger charge is 2.36. The van der Waals surface area contributed by atoms with E-state index in [-0.39, 0.29) is 36.1 Å². The molecule has 1 heterocycles. The second-order valence-electron chi connectivity index (χ2n) is 7.01. The summed E-state index contributed by atoms with van der Waals surface area (Å²) in [6, 6.07) is 4.93. The van der Waals surface area contributed by atoms with Crippen LogP contribution in [0.4, 0.5) is 0 Å². The lowest BCUT2D eigenvalue weighted by molar-refractivity contribution is -0.138. The molecule has 26 heavy (non-hydrogen) atoms. The highest BCUT2D eigenvalue weighted by molar-refractivity contribution is 7.91. The predicted molar refractivity (Wildman–Crippen MR) is 99.9 cm³/mol. The van der Waals surface area contributed by atoms with E-state index in [1.165, 1.54) is 0 Å². The molecule has 1 aromatic rings. The summed E-state index contributed by atoms with van der Waals surface area (Å²) in [7, 11) is -3.10. The molecule has 144 valence electrons. The van der Waals surface area contributed by atoms with Crippen LogP contribution < -0.4 is 0 Å². The van der Waals surface area contributed by atoms with Crippen molar-refractivity contribution in [2.45, 2.75) is 52.6 Å². The largest absolute Gasteiger partial charge is 0.452 e. The zero-order valence-electron chi connectivity index (χ0n) is 15.8. The number of nitrogens with zero attached hydrogens (tertiary/aromatic N) is 1. The Morgan fingerprint density at radius 1 is 1.31 bits per heavy atom. The Bertz CT molecular complexity index is 787. The number of esters is 1. The van der Waals surface area contributed by atoms with Crippen LogP contribution in [0.2, 0.25) is 0 Å². The van der Waals surface area contributed by atoms with Gasteiger partial charge in [-0.05, 0) is 45.2 Å². The molecule has 1 fully saturated rings. The Balaban J connectivity index is 2.06. The SMILES string of the molecule is CC[C@H](C)N(C(=O)COC(=O)c1ccc(C)cc1C)[C@@H]1CCS(=O)(=O)C1. The Labute approximate surface area is 155 Å². The summed E-state index contributed by atoms with van der Waals surface area (Å²) >= 11 is 0. The summed E-state index contributed by atoms with van der Waals surface area (Å²) in [5.74, 6) is -0.813. The van der Waals surface area contributed by atoms with E-state index < -0.39 is 15.8 Å². The van der Waals surface area contributed by atoms with E-state index in [4.69, 9.17) is 4.74 Å². The highest BCUT2D eigenvalue weighted by atomic mass is 32.2. The zero-order valence-corrected chi connectivity index (χ0v) is 16.6. The standard InChI is InChI=1S/C19H27NO5S/c1-5-15(4)20(16-8-9-26(23,24)12-16)18(21)11-25-19(22)17-7-6-13(2)10-14(17)3/h6-7,10,15-16H,5,8-9,11-12H2,1-4H3/t15-,16+/m0/s1. The van der Waals surface area contributed by atoms with E-state index >= 15 is 0 Å². The first-order valence-corrected chi connectivity index (χ1v) is 10.7. The van der Waals surface area contributed by atoms with Crippen molar-refractivity contribution in [3.63, 3.8) is 0 Å². The zero-order chi connectivity index (χ0) is 19.5. The summed E-state index contributed by atoms with van der Waals surface area (Å²) in [5.41, 5.74) is 2.27. The number of carbonyl (C=O) groups excluding carboxylic acids is 2. The summed E-state index contributed by atoms with van der Waals surface area (Å²) < 4.78 is 28.8. The first kappa shape index (κ1) is 20.4. The summed E-state index contributed by atoms with van der Waals surface area (Å²) in [5, 5.41) is 0. The molecule has 2 atom stereocenters. The second kappa shape index (κ2) is 8.20. The van der Waals surface area contributed by atoms with Crippen molar-refractivity contribution in [2.75, 3.05) is 18.1 Å². The topological polar surface area (TPSA) is 80.8 Å². The molecule has 0 saturated carbocycles. The molecule has 0 unspecified atom stereocenters. The number of carbonyl (C=O) groups is 2. The smallest absolute Gasteiger partial charge is 0.338 e. The first-order chi connectivity index (χ1) is 12.1. The molecular weight excluding hydrogens is 354 g/mol. The number of amides is 1. The van der Waals surface area contributed by atoms with E-state index in [1.807, 2.05) is 39.8 Å². The third kappa shape index (κ3) is 4.84. The lowest BCUT2D eigenvalue weighted by atomic mass is 10.1. The Kier molecular flexibility index (Phi) is 6.44. The maximum Gasteiger partial charge on any atom is 0.338 e. The Morgan fingerprint density at radius 2 is 2.00 bits per heavy atom. The fourth-order valence-corrected chi connectivity index (χ4v) is 5.03. The van der Waals surface area contributed by atoms with E-state index in [9.17, 15) is 18.0 Å². The van der Waals surface area contributed by atoms with Crippen LogP contribution in [0.5, 0.6) is 0 Å². The van der Waals surface area contributed by atoms with E-state index in [1.54, 1.807) is 11.0 Å². The van der Waals surface area contributed by atoms with Crippen molar-refractivity contribution in [3.05, 3.63) is 34.9 Å². The molecule has 0 radical (unpaired) electrons. The van der Waals surface area contributed by atoms with Gasteiger partial charge in [-0.1, -0.05) is 24.6 Å². The lowest BCUT2D eigenvalue weighted by Crippen LogP contribution is -2.48. The molecule has 0 aromatic heterocycles. The first-order valence-electron chi connectivity index (χ1n) is 8.90. The van der Waals surface area contributed by atoms with Crippen molar-refractivity contribution < 1.29 is 22.7 Å². The van der Waals surface area contributed by atoms with Crippen LogP contribution in [-0.2, 0) is 19.4 Å². The molecule has 1 aromatic carbocycles. The van der Waals surface area contributed by atoms with Crippen LogP contribution >= 0.6 is 0 Å². The molecule has 7 heteroatoms. The van der Waals surface area contributed by atoms with Crippen molar-refractivity contribution in [3.8, 4) is 0 Å². The van der Waals surface area contributed by atoms with Crippen LogP contribution in [0, 0.1) is 13.8 Å². The number of benzene rings is 1.